The topological polar surface area (TPSA) is 30.5 Å². The number of ether oxygens (including phenoxy) is 2. The predicted molar refractivity (Wildman–Crippen MR) is 54.6 cm³/mol. The predicted octanol–water partition coefficient (Wildman–Crippen LogP) is 2.44. The number of hydrogen-bond donors (Lipinski definition) is 1. The van der Waals surface area contributed by atoms with Gasteiger partial charge in [0, 0.05) is 11.8 Å². The number of alkyl halides is 2. The summed E-state index contributed by atoms with van der Waals surface area (Å²) in [5.41, 5.74) is 0.655. The molecule has 0 aromatic heterocycles. The standard InChI is InChI=1S/C11H9F2NO2/c1-2-3-6-14-8-4-5-9-10(7-8)16-11(12,13)15-9/h4-5,7,14H,6H2,1H3. The van der Waals surface area contributed by atoms with Gasteiger partial charge in [-0.2, -0.15) is 0 Å². The number of rotatable bonds is 2. The van der Waals surface area contributed by atoms with Crippen LogP contribution in [-0.2, 0) is 0 Å². The summed E-state index contributed by atoms with van der Waals surface area (Å²) in [7, 11) is 0. The Morgan fingerprint density at radius 1 is 1.31 bits per heavy atom. The second-order valence-electron chi connectivity index (χ2n) is 3.11. The van der Waals surface area contributed by atoms with Crippen molar-refractivity contribution < 1.29 is 18.3 Å². The van der Waals surface area contributed by atoms with Gasteiger partial charge in [-0.3, -0.25) is 0 Å². The summed E-state index contributed by atoms with van der Waals surface area (Å²) < 4.78 is 33.9. The molecule has 0 bridgehead atoms. The summed E-state index contributed by atoms with van der Waals surface area (Å²) in [6.07, 6.45) is -3.57. The number of anilines is 1. The second kappa shape index (κ2) is 3.89. The molecule has 5 heteroatoms. The Labute approximate surface area is 91.4 Å². The van der Waals surface area contributed by atoms with Gasteiger partial charge in [0.1, 0.15) is 0 Å². The van der Waals surface area contributed by atoms with E-state index >= 15 is 0 Å². The number of halogens is 2. The van der Waals surface area contributed by atoms with E-state index in [9.17, 15) is 8.78 Å². The van der Waals surface area contributed by atoms with Gasteiger partial charge in [0.25, 0.3) is 0 Å². The zero-order valence-corrected chi connectivity index (χ0v) is 8.51. The van der Waals surface area contributed by atoms with Gasteiger partial charge < -0.3 is 14.8 Å². The zero-order chi connectivity index (χ0) is 11.6. The molecule has 16 heavy (non-hydrogen) atoms. The van der Waals surface area contributed by atoms with Crippen molar-refractivity contribution in [2.45, 2.75) is 13.2 Å². The third-order valence-electron chi connectivity index (χ3n) is 1.96. The van der Waals surface area contributed by atoms with Crippen LogP contribution in [0.3, 0.4) is 0 Å². The average molecular weight is 225 g/mol. The van der Waals surface area contributed by atoms with Crippen LogP contribution in [-0.4, -0.2) is 12.8 Å². The number of fused-ring (bicyclic) bond motifs is 1. The highest BCUT2D eigenvalue weighted by molar-refractivity contribution is 5.56. The molecule has 3 nitrogen and oxygen atoms in total. The van der Waals surface area contributed by atoms with Gasteiger partial charge in [0.05, 0.1) is 6.54 Å². The highest BCUT2D eigenvalue weighted by Crippen LogP contribution is 2.42. The van der Waals surface area contributed by atoms with E-state index in [0.29, 0.717) is 12.2 Å². The Hall–Kier alpha value is -1.96. The van der Waals surface area contributed by atoms with Gasteiger partial charge in [0.2, 0.25) is 0 Å². The molecule has 1 aliphatic heterocycles. The van der Waals surface area contributed by atoms with Crippen molar-refractivity contribution >= 4 is 5.69 Å². The van der Waals surface area contributed by atoms with Crippen LogP contribution in [0.25, 0.3) is 0 Å². The van der Waals surface area contributed by atoms with Gasteiger partial charge in [-0.1, -0.05) is 5.92 Å². The molecule has 0 radical (unpaired) electrons. The third-order valence-corrected chi connectivity index (χ3v) is 1.96. The van der Waals surface area contributed by atoms with Crippen LogP contribution in [0.5, 0.6) is 11.5 Å². The highest BCUT2D eigenvalue weighted by atomic mass is 19.3. The molecule has 0 saturated heterocycles. The molecule has 1 N–H and O–H groups in total. The van der Waals surface area contributed by atoms with Crippen LogP contribution in [0.2, 0.25) is 0 Å². The van der Waals surface area contributed by atoms with Crippen molar-refractivity contribution in [1.29, 1.82) is 0 Å². The molecule has 0 spiro atoms. The first kappa shape index (κ1) is 10.6. The fraction of sp³-hybridized carbons (Fsp3) is 0.273. The lowest BCUT2D eigenvalue weighted by Gasteiger charge is -2.04. The summed E-state index contributed by atoms with van der Waals surface area (Å²) in [5.74, 6) is 5.58. The molecule has 1 aromatic carbocycles. The number of hydrogen-bond acceptors (Lipinski definition) is 3. The fourth-order valence-corrected chi connectivity index (χ4v) is 1.29. The lowest BCUT2D eigenvalue weighted by atomic mass is 10.3. The molecule has 0 unspecified atom stereocenters. The third kappa shape index (κ3) is 2.16. The van der Waals surface area contributed by atoms with Crippen molar-refractivity contribution in [2.75, 3.05) is 11.9 Å². The summed E-state index contributed by atoms with van der Waals surface area (Å²) in [6.45, 7) is 2.18. The minimum atomic E-state index is -3.57. The van der Waals surface area contributed by atoms with E-state index in [1.165, 1.54) is 12.1 Å². The SMILES string of the molecule is CC#CCNc1ccc2c(c1)OC(F)(F)O2. The Morgan fingerprint density at radius 3 is 2.81 bits per heavy atom. The molecule has 1 heterocycles. The van der Waals surface area contributed by atoms with E-state index < -0.39 is 6.29 Å². The Bertz CT molecular complexity index is 463. The van der Waals surface area contributed by atoms with E-state index in [1.54, 1.807) is 13.0 Å². The second-order valence-corrected chi connectivity index (χ2v) is 3.11. The van der Waals surface area contributed by atoms with Crippen LogP contribution in [0.4, 0.5) is 14.5 Å². The molecule has 0 atom stereocenters. The first-order valence-corrected chi connectivity index (χ1v) is 4.64. The Kier molecular flexibility index (Phi) is 2.57. The van der Waals surface area contributed by atoms with E-state index in [1.807, 2.05) is 0 Å². The summed E-state index contributed by atoms with van der Waals surface area (Å²) in [5, 5.41) is 2.95. The van der Waals surface area contributed by atoms with Gasteiger partial charge in [0.15, 0.2) is 11.5 Å². The molecule has 2 rings (SSSR count). The molecule has 0 saturated carbocycles. The lowest BCUT2D eigenvalue weighted by molar-refractivity contribution is -0.286. The van der Waals surface area contributed by atoms with Crippen LogP contribution in [0, 0.1) is 11.8 Å². The maximum absolute atomic E-state index is 12.7. The van der Waals surface area contributed by atoms with E-state index in [4.69, 9.17) is 0 Å². The van der Waals surface area contributed by atoms with Crippen molar-refractivity contribution in [1.82, 2.24) is 0 Å². The Morgan fingerprint density at radius 2 is 2.06 bits per heavy atom. The number of nitrogens with one attached hydrogen (secondary N) is 1. The number of benzene rings is 1. The molecule has 84 valence electrons. The van der Waals surface area contributed by atoms with E-state index in [-0.39, 0.29) is 11.5 Å². The lowest BCUT2D eigenvalue weighted by Crippen LogP contribution is -2.25. The van der Waals surface area contributed by atoms with Gasteiger partial charge in [-0.05, 0) is 19.1 Å². The van der Waals surface area contributed by atoms with Gasteiger partial charge >= 0.3 is 6.29 Å². The molecule has 0 fully saturated rings. The quantitative estimate of drug-likeness (QED) is 0.784. The first-order chi connectivity index (χ1) is 7.61. The van der Waals surface area contributed by atoms with Gasteiger partial charge in [-0.25, -0.2) is 0 Å². The summed E-state index contributed by atoms with van der Waals surface area (Å²) in [6, 6.07) is 4.51. The molecular weight excluding hydrogens is 216 g/mol. The van der Waals surface area contributed by atoms with Crippen LogP contribution in [0.1, 0.15) is 6.92 Å². The molecule has 1 aromatic rings. The minimum Gasteiger partial charge on any atom is -0.395 e. The van der Waals surface area contributed by atoms with E-state index in [0.717, 1.165) is 0 Å². The molecule has 1 aliphatic rings. The maximum atomic E-state index is 12.7. The highest BCUT2D eigenvalue weighted by Gasteiger charge is 2.43. The first-order valence-electron chi connectivity index (χ1n) is 4.64. The molecule has 0 amide bonds. The van der Waals surface area contributed by atoms with Crippen LogP contribution >= 0.6 is 0 Å². The normalized spacial score (nSPS) is 15.2. The zero-order valence-electron chi connectivity index (χ0n) is 8.51. The molecule has 0 aliphatic carbocycles. The largest absolute Gasteiger partial charge is 0.586 e. The summed E-state index contributed by atoms with van der Waals surface area (Å²) in [4.78, 5) is 0. The van der Waals surface area contributed by atoms with Crippen LogP contribution in [0.15, 0.2) is 18.2 Å². The van der Waals surface area contributed by atoms with Crippen molar-refractivity contribution in [3.05, 3.63) is 18.2 Å². The summed E-state index contributed by atoms with van der Waals surface area (Å²) >= 11 is 0. The fourth-order valence-electron chi connectivity index (χ4n) is 1.29. The van der Waals surface area contributed by atoms with E-state index in [2.05, 4.69) is 26.6 Å². The van der Waals surface area contributed by atoms with Gasteiger partial charge in [-0.15, -0.1) is 14.7 Å². The van der Waals surface area contributed by atoms with Crippen molar-refractivity contribution in [2.24, 2.45) is 0 Å². The molecular formula is C11H9F2NO2. The van der Waals surface area contributed by atoms with Crippen LogP contribution < -0.4 is 14.8 Å². The Balaban J connectivity index is 2.12. The van der Waals surface area contributed by atoms with Crippen molar-refractivity contribution in [3.8, 4) is 23.3 Å². The van der Waals surface area contributed by atoms with Crippen molar-refractivity contribution in [3.63, 3.8) is 0 Å². The minimum absolute atomic E-state index is 0.0273. The maximum Gasteiger partial charge on any atom is 0.586 e. The average Bonchev–Trinajstić information content (AvgIpc) is 2.51. The monoisotopic (exact) mass is 225 g/mol. The smallest absolute Gasteiger partial charge is 0.395 e.